The van der Waals surface area contributed by atoms with Gasteiger partial charge in [0.15, 0.2) is 0 Å². The van der Waals surface area contributed by atoms with E-state index in [0.717, 1.165) is 28.9 Å². The SMILES string of the molecule is Cc1nc2nc(C(=O)N3CC[C@H](N(C)C)C3)cn2c(-c2ccc(Cl)cc2Cl)c1CN. The van der Waals surface area contributed by atoms with Crippen molar-refractivity contribution in [2.75, 3.05) is 27.2 Å². The number of hydrogen-bond donors (Lipinski definition) is 1. The van der Waals surface area contributed by atoms with Gasteiger partial charge in [-0.25, -0.2) is 9.97 Å². The van der Waals surface area contributed by atoms with Gasteiger partial charge < -0.3 is 15.5 Å². The topological polar surface area (TPSA) is 79.8 Å². The Morgan fingerprint density at radius 2 is 2.07 bits per heavy atom. The van der Waals surface area contributed by atoms with Gasteiger partial charge in [0.2, 0.25) is 5.78 Å². The van der Waals surface area contributed by atoms with E-state index in [1.165, 1.54) is 0 Å². The van der Waals surface area contributed by atoms with E-state index < -0.39 is 0 Å². The van der Waals surface area contributed by atoms with Crippen LogP contribution in [0.1, 0.15) is 28.2 Å². The number of amides is 1. The minimum Gasteiger partial charge on any atom is -0.336 e. The Morgan fingerprint density at radius 1 is 1.30 bits per heavy atom. The van der Waals surface area contributed by atoms with Gasteiger partial charge in [-0.15, -0.1) is 0 Å². The summed E-state index contributed by atoms with van der Waals surface area (Å²) in [5.74, 6) is 0.349. The minimum absolute atomic E-state index is 0.0926. The number of carbonyl (C=O) groups is 1. The van der Waals surface area contributed by atoms with Gasteiger partial charge in [-0.1, -0.05) is 23.2 Å². The summed E-state index contributed by atoms with van der Waals surface area (Å²) < 4.78 is 1.80. The fourth-order valence-corrected chi connectivity index (χ4v) is 4.48. The maximum atomic E-state index is 13.1. The van der Waals surface area contributed by atoms with E-state index in [0.29, 0.717) is 40.6 Å². The fraction of sp³-hybridized carbons (Fsp3) is 0.381. The van der Waals surface area contributed by atoms with Crippen molar-refractivity contribution in [1.82, 2.24) is 24.2 Å². The maximum Gasteiger partial charge on any atom is 0.274 e. The van der Waals surface area contributed by atoms with E-state index in [1.54, 1.807) is 22.7 Å². The summed E-state index contributed by atoms with van der Waals surface area (Å²) in [6.07, 6.45) is 2.68. The van der Waals surface area contributed by atoms with Gasteiger partial charge in [0.25, 0.3) is 5.91 Å². The molecule has 3 aromatic rings. The highest BCUT2D eigenvalue weighted by Crippen LogP contribution is 2.34. The van der Waals surface area contributed by atoms with Gasteiger partial charge in [0.1, 0.15) is 5.69 Å². The number of likely N-dealkylation sites (N-methyl/N-ethyl adjacent to an activating group) is 1. The molecule has 0 aliphatic carbocycles. The number of aryl methyl sites for hydroxylation is 1. The summed E-state index contributed by atoms with van der Waals surface area (Å²) in [7, 11) is 4.07. The van der Waals surface area contributed by atoms with Crippen LogP contribution < -0.4 is 5.73 Å². The number of fused-ring (bicyclic) bond motifs is 1. The molecule has 1 atom stereocenters. The van der Waals surface area contributed by atoms with Crippen molar-refractivity contribution >= 4 is 34.9 Å². The molecule has 158 valence electrons. The molecule has 2 aromatic heterocycles. The van der Waals surface area contributed by atoms with E-state index in [4.69, 9.17) is 28.9 Å². The standard InChI is InChI=1S/C21H24Cl2N6O/c1-12-16(9-24)19(15-5-4-13(22)8-17(15)23)29-11-18(26-21(29)25-12)20(30)28-7-6-14(10-28)27(2)3/h4-5,8,11,14H,6-7,9-10,24H2,1-3H3/t14-/m0/s1. The van der Waals surface area contributed by atoms with Crippen LogP contribution in [0, 0.1) is 6.92 Å². The van der Waals surface area contributed by atoms with E-state index in [1.807, 2.05) is 32.0 Å². The van der Waals surface area contributed by atoms with Crippen LogP contribution in [0.5, 0.6) is 0 Å². The molecular formula is C21H24Cl2N6O. The molecule has 1 fully saturated rings. The van der Waals surface area contributed by atoms with Crippen LogP contribution in [0.2, 0.25) is 10.0 Å². The van der Waals surface area contributed by atoms with Crippen LogP contribution in [-0.4, -0.2) is 63.3 Å². The van der Waals surface area contributed by atoms with E-state index in [2.05, 4.69) is 14.9 Å². The molecule has 0 radical (unpaired) electrons. The van der Waals surface area contributed by atoms with Crippen molar-refractivity contribution in [2.45, 2.75) is 25.9 Å². The first-order valence-electron chi connectivity index (χ1n) is 9.80. The van der Waals surface area contributed by atoms with Crippen molar-refractivity contribution in [3.8, 4) is 11.3 Å². The molecular weight excluding hydrogens is 423 g/mol. The highest BCUT2D eigenvalue weighted by molar-refractivity contribution is 6.36. The lowest BCUT2D eigenvalue weighted by molar-refractivity contribution is 0.0778. The fourth-order valence-electron chi connectivity index (χ4n) is 3.98. The Hall–Kier alpha value is -2.19. The molecule has 4 rings (SSSR count). The smallest absolute Gasteiger partial charge is 0.274 e. The molecule has 0 saturated carbocycles. The minimum atomic E-state index is -0.0926. The lowest BCUT2D eigenvalue weighted by Crippen LogP contribution is -2.34. The average Bonchev–Trinajstić information content (AvgIpc) is 3.34. The normalized spacial score (nSPS) is 16.8. The molecule has 1 saturated heterocycles. The zero-order valence-electron chi connectivity index (χ0n) is 17.2. The predicted molar refractivity (Wildman–Crippen MR) is 119 cm³/mol. The van der Waals surface area contributed by atoms with Crippen LogP contribution >= 0.6 is 23.2 Å². The number of likely N-dealkylation sites (tertiary alicyclic amines) is 1. The first-order chi connectivity index (χ1) is 14.3. The zero-order valence-corrected chi connectivity index (χ0v) is 18.7. The number of halogens is 2. The first-order valence-corrected chi connectivity index (χ1v) is 10.6. The Labute approximate surface area is 185 Å². The summed E-state index contributed by atoms with van der Waals surface area (Å²) in [6.45, 7) is 3.57. The van der Waals surface area contributed by atoms with Gasteiger partial charge in [-0.05, 0) is 45.6 Å². The van der Waals surface area contributed by atoms with E-state index in [-0.39, 0.29) is 12.5 Å². The first kappa shape index (κ1) is 21.1. The molecule has 9 heteroatoms. The second-order valence-corrected chi connectivity index (χ2v) is 8.65. The average molecular weight is 447 g/mol. The monoisotopic (exact) mass is 446 g/mol. The molecule has 30 heavy (non-hydrogen) atoms. The van der Waals surface area contributed by atoms with Crippen molar-refractivity contribution in [1.29, 1.82) is 0 Å². The summed E-state index contributed by atoms with van der Waals surface area (Å²) in [4.78, 5) is 26.2. The van der Waals surface area contributed by atoms with Crippen LogP contribution in [0.3, 0.4) is 0 Å². The molecule has 1 aliphatic rings. The van der Waals surface area contributed by atoms with Gasteiger partial charge in [-0.2, -0.15) is 0 Å². The number of benzene rings is 1. The van der Waals surface area contributed by atoms with Gasteiger partial charge in [0.05, 0.1) is 10.7 Å². The second-order valence-electron chi connectivity index (χ2n) is 7.81. The Balaban J connectivity index is 1.82. The van der Waals surface area contributed by atoms with Gasteiger partial charge >= 0.3 is 0 Å². The molecule has 7 nitrogen and oxygen atoms in total. The van der Waals surface area contributed by atoms with Crippen molar-refractivity contribution in [3.05, 3.63) is 51.4 Å². The number of rotatable bonds is 4. The molecule has 0 unspecified atom stereocenters. The molecule has 1 aliphatic heterocycles. The lowest BCUT2D eigenvalue weighted by Gasteiger charge is -2.19. The molecule has 1 amide bonds. The molecule has 3 heterocycles. The Kier molecular flexibility index (Phi) is 5.72. The predicted octanol–water partition coefficient (Wildman–Crippen LogP) is 3.25. The number of nitrogens with two attached hydrogens (primary N) is 1. The number of carbonyl (C=O) groups excluding carboxylic acids is 1. The third-order valence-electron chi connectivity index (χ3n) is 5.71. The third-order valence-corrected chi connectivity index (χ3v) is 6.26. The van der Waals surface area contributed by atoms with Crippen LogP contribution in [-0.2, 0) is 6.54 Å². The number of hydrogen-bond acceptors (Lipinski definition) is 5. The quantitative estimate of drug-likeness (QED) is 0.664. The molecule has 1 aromatic carbocycles. The molecule has 0 spiro atoms. The van der Waals surface area contributed by atoms with E-state index in [9.17, 15) is 4.79 Å². The number of aromatic nitrogens is 3. The maximum absolute atomic E-state index is 13.1. The largest absolute Gasteiger partial charge is 0.336 e. The lowest BCUT2D eigenvalue weighted by atomic mass is 10.0. The van der Waals surface area contributed by atoms with Crippen molar-refractivity contribution < 1.29 is 4.79 Å². The molecule has 2 N–H and O–H groups in total. The Bertz CT molecular complexity index is 1130. The summed E-state index contributed by atoms with van der Waals surface area (Å²) in [5.41, 5.74) is 9.55. The van der Waals surface area contributed by atoms with Crippen LogP contribution in [0.25, 0.3) is 17.0 Å². The molecule has 0 bridgehead atoms. The van der Waals surface area contributed by atoms with Crippen LogP contribution in [0.4, 0.5) is 0 Å². The number of imidazole rings is 1. The summed E-state index contributed by atoms with van der Waals surface area (Å²) >= 11 is 12.6. The summed E-state index contributed by atoms with van der Waals surface area (Å²) in [5, 5.41) is 1.05. The second kappa shape index (κ2) is 8.15. The Morgan fingerprint density at radius 3 is 2.70 bits per heavy atom. The van der Waals surface area contributed by atoms with Crippen molar-refractivity contribution in [3.63, 3.8) is 0 Å². The van der Waals surface area contributed by atoms with Crippen LogP contribution in [0.15, 0.2) is 24.4 Å². The number of nitrogens with zero attached hydrogens (tertiary/aromatic N) is 5. The highest BCUT2D eigenvalue weighted by Gasteiger charge is 2.30. The highest BCUT2D eigenvalue weighted by atomic mass is 35.5. The third kappa shape index (κ3) is 3.67. The van der Waals surface area contributed by atoms with Crippen molar-refractivity contribution in [2.24, 2.45) is 5.73 Å². The van der Waals surface area contributed by atoms with Gasteiger partial charge in [-0.3, -0.25) is 9.20 Å². The van der Waals surface area contributed by atoms with Gasteiger partial charge in [0, 0.05) is 53.7 Å². The summed E-state index contributed by atoms with van der Waals surface area (Å²) in [6, 6.07) is 5.68. The van der Waals surface area contributed by atoms with E-state index >= 15 is 0 Å². The zero-order chi connectivity index (χ0) is 21.6.